The maximum Gasteiger partial charge on any atom is 0.294 e. The number of piperidine rings is 1. The van der Waals surface area contributed by atoms with Gasteiger partial charge in [0.2, 0.25) is 0 Å². The van der Waals surface area contributed by atoms with E-state index < -0.39 is 10.7 Å². The molecule has 1 aliphatic heterocycles. The number of nitrogens with zero attached hydrogens (tertiary/aromatic N) is 2. The Bertz CT molecular complexity index is 493. The van der Waals surface area contributed by atoms with Crippen LogP contribution in [0.4, 0.5) is 15.8 Å². The lowest BCUT2D eigenvalue weighted by molar-refractivity contribution is -0.384. The number of rotatable bonds is 5. The lowest BCUT2D eigenvalue weighted by atomic mass is 10.1. The summed E-state index contributed by atoms with van der Waals surface area (Å²) in [4.78, 5) is 12.7. The first-order valence-electron chi connectivity index (χ1n) is 6.67. The number of benzene rings is 1. The molecule has 5 nitrogen and oxygen atoms in total. The molecule has 0 atom stereocenters. The van der Waals surface area contributed by atoms with E-state index in [4.69, 9.17) is 11.6 Å². The summed E-state index contributed by atoms with van der Waals surface area (Å²) in [6.07, 6.45) is 3.64. The highest BCUT2D eigenvalue weighted by molar-refractivity contribution is 6.31. The van der Waals surface area contributed by atoms with E-state index in [0.717, 1.165) is 31.8 Å². The monoisotopic (exact) mass is 301 g/mol. The predicted octanol–water partition coefficient (Wildman–Crippen LogP) is 3.29. The Labute approximate surface area is 121 Å². The van der Waals surface area contributed by atoms with Crippen LogP contribution >= 0.6 is 11.6 Å². The smallest absolute Gasteiger partial charge is 0.294 e. The summed E-state index contributed by atoms with van der Waals surface area (Å²) < 4.78 is 13.4. The number of nitro groups is 1. The van der Waals surface area contributed by atoms with Gasteiger partial charge in [-0.25, -0.2) is 4.39 Å². The highest BCUT2D eigenvalue weighted by Gasteiger charge is 2.18. The average Bonchev–Trinajstić information content (AvgIpc) is 2.43. The largest absolute Gasteiger partial charge is 0.378 e. The van der Waals surface area contributed by atoms with E-state index in [1.165, 1.54) is 19.3 Å². The molecule has 20 heavy (non-hydrogen) atoms. The number of hydrogen-bond acceptors (Lipinski definition) is 4. The van der Waals surface area contributed by atoms with E-state index in [1.54, 1.807) is 0 Å². The standard InChI is InChI=1S/C13H17ClFN3O2/c14-10-8-13(18(19)20)12(9-11(10)15)16-4-7-17-5-2-1-3-6-17/h8-9,16H,1-7H2. The average molecular weight is 302 g/mol. The van der Waals surface area contributed by atoms with Crippen LogP contribution < -0.4 is 5.32 Å². The van der Waals surface area contributed by atoms with Crippen LogP contribution in [0.5, 0.6) is 0 Å². The molecule has 0 saturated carbocycles. The van der Waals surface area contributed by atoms with Gasteiger partial charge in [0.05, 0.1) is 9.95 Å². The summed E-state index contributed by atoms with van der Waals surface area (Å²) in [6, 6.07) is 2.12. The van der Waals surface area contributed by atoms with Crippen molar-refractivity contribution in [2.75, 3.05) is 31.5 Å². The van der Waals surface area contributed by atoms with Crippen molar-refractivity contribution >= 4 is 23.0 Å². The third-order valence-electron chi connectivity index (χ3n) is 3.43. The second-order valence-electron chi connectivity index (χ2n) is 4.87. The van der Waals surface area contributed by atoms with E-state index in [-0.39, 0.29) is 16.4 Å². The number of nitro benzene ring substituents is 1. The summed E-state index contributed by atoms with van der Waals surface area (Å²) in [5.74, 6) is -0.655. The molecule has 1 fully saturated rings. The van der Waals surface area contributed by atoms with E-state index in [9.17, 15) is 14.5 Å². The van der Waals surface area contributed by atoms with Gasteiger partial charge < -0.3 is 10.2 Å². The molecular formula is C13H17ClFN3O2. The third-order valence-corrected chi connectivity index (χ3v) is 3.72. The zero-order chi connectivity index (χ0) is 14.5. The van der Waals surface area contributed by atoms with Crippen molar-refractivity contribution in [3.63, 3.8) is 0 Å². The van der Waals surface area contributed by atoms with E-state index in [0.29, 0.717) is 6.54 Å². The van der Waals surface area contributed by atoms with Gasteiger partial charge in [-0.05, 0) is 25.9 Å². The second-order valence-corrected chi connectivity index (χ2v) is 5.28. The van der Waals surface area contributed by atoms with Gasteiger partial charge in [-0.3, -0.25) is 10.1 Å². The molecule has 1 aromatic rings. The van der Waals surface area contributed by atoms with Gasteiger partial charge in [-0.2, -0.15) is 0 Å². The molecule has 110 valence electrons. The molecule has 0 bridgehead atoms. The van der Waals surface area contributed by atoms with Gasteiger partial charge in [0, 0.05) is 25.2 Å². The fraction of sp³-hybridized carbons (Fsp3) is 0.538. The van der Waals surface area contributed by atoms with E-state index in [2.05, 4.69) is 10.2 Å². The molecule has 0 spiro atoms. The quantitative estimate of drug-likeness (QED) is 0.670. The Hall–Kier alpha value is -1.40. The minimum absolute atomic E-state index is 0.175. The lowest BCUT2D eigenvalue weighted by Crippen LogP contribution is -2.33. The van der Waals surface area contributed by atoms with Crippen LogP contribution in [-0.2, 0) is 0 Å². The maximum atomic E-state index is 13.4. The SMILES string of the molecule is O=[N+]([O-])c1cc(Cl)c(F)cc1NCCN1CCCCC1. The minimum atomic E-state index is -0.655. The minimum Gasteiger partial charge on any atom is -0.378 e. The molecule has 1 aliphatic rings. The molecule has 7 heteroatoms. The molecular weight excluding hydrogens is 285 g/mol. The van der Waals surface area contributed by atoms with Crippen molar-refractivity contribution in [1.29, 1.82) is 0 Å². The first-order valence-corrected chi connectivity index (χ1v) is 7.05. The molecule has 2 rings (SSSR count). The molecule has 1 N–H and O–H groups in total. The molecule has 0 aromatic heterocycles. The third kappa shape index (κ3) is 3.80. The molecule has 0 aliphatic carbocycles. The summed E-state index contributed by atoms with van der Waals surface area (Å²) in [6.45, 7) is 3.45. The van der Waals surface area contributed by atoms with Crippen molar-refractivity contribution in [2.45, 2.75) is 19.3 Å². The predicted molar refractivity (Wildman–Crippen MR) is 76.8 cm³/mol. The van der Waals surface area contributed by atoms with Crippen LogP contribution in [0, 0.1) is 15.9 Å². The van der Waals surface area contributed by atoms with Crippen molar-refractivity contribution in [2.24, 2.45) is 0 Å². The molecule has 0 radical (unpaired) electrons. The van der Waals surface area contributed by atoms with Crippen molar-refractivity contribution in [3.05, 3.63) is 33.1 Å². The van der Waals surface area contributed by atoms with Crippen LogP contribution in [0.15, 0.2) is 12.1 Å². The van der Waals surface area contributed by atoms with Crippen LogP contribution in [0.1, 0.15) is 19.3 Å². The first-order chi connectivity index (χ1) is 9.58. The van der Waals surface area contributed by atoms with Gasteiger partial charge in [0.1, 0.15) is 11.5 Å². The van der Waals surface area contributed by atoms with Gasteiger partial charge in [-0.1, -0.05) is 18.0 Å². The Morgan fingerprint density at radius 1 is 1.35 bits per heavy atom. The highest BCUT2D eigenvalue weighted by atomic mass is 35.5. The summed E-state index contributed by atoms with van der Waals surface area (Å²) in [5.41, 5.74) is -0.0241. The number of likely N-dealkylation sites (tertiary alicyclic amines) is 1. The van der Waals surface area contributed by atoms with E-state index >= 15 is 0 Å². The fourth-order valence-electron chi connectivity index (χ4n) is 2.36. The van der Waals surface area contributed by atoms with Crippen LogP contribution in [0.3, 0.4) is 0 Å². The lowest BCUT2D eigenvalue weighted by Gasteiger charge is -2.26. The molecule has 1 saturated heterocycles. The summed E-state index contributed by atoms with van der Waals surface area (Å²) >= 11 is 5.57. The normalized spacial score (nSPS) is 16.1. The highest BCUT2D eigenvalue weighted by Crippen LogP contribution is 2.30. The maximum absolute atomic E-state index is 13.4. The van der Waals surface area contributed by atoms with Crippen LogP contribution in [-0.4, -0.2) is 36.0 Å². The number of nitrogens with one attached hydrogen (secondary N) is 1. The zero-order valence-corrected chi connectivity index (χ0v) is 11.8. The molecule has 0 amide bonds. The van der Waals surface area contributed by atoms with Crippen LogP contribution in [0.2, 0.25) is 5.02 Å². The molecule has 1 heterocycles. The Morgan fingerprint density at radius 2 is 2.05 bits per heavy atom. The van der Waals surface area contributed by atoms with Crippen molar-refractivity contribution in [1.82, 2.24) is 4.90 Å². The number of anilines is 1. The Kier molecular flexibility index (Phi) is 5.14. The Balaban J connectivity index is 1.97. The summed E-state index contributed by atoms with van der Waals surface area (Å²) in [5, 5.41) is 13.6. The second kappa shape index (κ2) is 6.85. The topological polar surface area (TPSA) is 58.4 Å². The molecule has 1 aromatic carbocycles. The van der Waals surface area contributed by atoms with E-state index in [1.807, 2.05) is 0 Å². The van der Waals surface area contributed by atoms with Gasteiger partial charge in [0.15, 0.2) is 0 Å². The van der Waals surface area contributed by atoms with Gasteiger partial charge in [-0.15, -0.1) is 0 Å². The fourth-order valence-corrected chi connectivity index (χ4v) is 2.52. The Morgan fingerprint density at radius 3 is 2.70 bits per heavy atom. The van der Waals surface area contributed by atoms with Crippen molar-refractivity contribution < 1.29 is 9.31 Å². The molecule has 0 unspecified atom stereocenters. The zero-order valence-electron chi connectivity index (χ0n) is 11.1. The van der Waals surface area contributed by atoms with Gasteiger partial charge >= 0.3 is 0 Å². The van der Waals surface area contributed by atoms with Crippen LogP contribution in [0.25, 0.3) is 0 Å². The van der Waals surface area contributed by atoms with Gasteiger partial charge in [0.25, 0.3) is 5.69 Å². The number of halogens is 2. The number of hydrogen-bond donors (Lipinski definition) is 1. The van der Waals surface area contributed by atoms with Crippen molar-refractivity contribution in [3.8, 4) is 0 Å². The first kappa shape index (κ1) is 15.0. The summed E-state index contributed by atoms with van der Waals surface area (Å²) in [7, 11) is 0.